The van der Waals surface area contributed by atoms with Gasteiger partial charge < -0.3 is 9.67 Å². The lowest BCUT2D eigenvalue weighted by Crippen LogP contribution is -1.97. The van der Waals surface area contributed by atoms with Crippen molar-refractivity contribution in [2.75, 3.05) is 0 Å². The Kier molecular flexibility index (Phi) is 2.41. The minimum absolute atomic E-state index is 0.278. The second-order valence-electron chi connectivity index (χ2n) is 4.92. The van der Waals surface area contributed by atoms with Crippen LogP contribution in [-0.4, -0.2) is 25.6 Å². The van der Waals surface area contributed by atoms with E-state index in [2.05, 4.69) is 9.97 Å². The molecule has 0 saturated carbocycles. The number of fused-ring (bicyclic) bond motifs is 5. The summed E-state index contributed by atoms with van der Waals surface area (Å²) in [7, 11) is 0. The van der Waals surface area contributed by atoms with Crippen LogP contribution in [0.25, 0.3) is 28.5 Å². The zero-order chi connectivity index (χ0) is 14.4. The highest BCUT2D eigenvalue weighted by Gasteiger charge is 2.17. The molecule has 1 aromatic carbocycles. The normalized spacial score (nSPS) is 12.8. The predicted octanol–water partition coefficient (Wildman–Crippen LogP) is 2.82. The molecule has 102 valence electrons. The van der Waals surface area contributed by atoms with E-state index in [1.165, 1.54) is 0 Å². The SMILES string of the molecule is O=C(O)c1ccc2cc3n(c2c1)C=CCc1nccnc1-3. The molecule has 0 bridgehead atoms. The average molecular weight is 277 g/mol. The Morgan fingerprint density at radius 2 is 2.05 bits per heavy atom. The summed E-state index contributed by atoms with van der Waals surface area (Å²) in [6.07, 6.45) is 8.04. The number of aromatic carboxylic acids is 1. The second-order valence-corrected chi connectivity index (χ2v) is 4.92. The molecule has 0 unspecified atom stereocenters. The van der Waals surface area contributed by atoms with Crippen LogP contribution >= 0.6 is 0 Å². The lowest BCUT2D eigenvalue weighted by Gasteiger charge is -2.05. The molecule has 0 atom stereocenters. The molecule has 0 spiro atoms. The van der Waals surface area contributed by atoms with Gasteiger partial charge in [-0.05, 0) is 18.2 Å². The van der Waals surface area contributed by atoms with Gasteiger partial charge in [0.2, 0.25) is 0 Å². The molecule has 3 aromatic rings. The highest BCUT2D eigenvalue weighted by atomic mass is 16.4. The number of aromatic nitrogens is 3. The van der Waals surface area contributed by atoms with Gasteiger partial charge in [-0.25, -0.2) is 4.79 Å². The summed E-state index contributed by atoms with van der Waals surface area (Å²) in [5.41, 5.74) is 3.84. The Morgan fingerprint density at radius 1 is 1.19 bits per heavy atom. The maximum absolute atomic E-state index is 11.2. The summed E-state index contributed by atoms with van der Waals surface area (Å²) in [5, 5.41) is 10.1. The molecule has 1 aliphatic rings. The Morgan fingerprint density at radius 3 is 2.90 bits per heavy atom. The van der Waals surface area contributed by atoms with Crippen molar-refractivity contribution in [2.24, 2.45) is 0 Å². The molecule has 5 nitrogen and oxygen atoms in total. The molecule has 0 saturated heterocycles. The number of hydrogen-bond donors (Lipinski definition) is 1. The van der Waals surface area contributed by atoms with Crippen molar-refractivity contribution in [3.63, 3.8) is 0 Å². The van der Waals surface area contributed by atoms with Crippen molar-refractivity contribution in [3.05, 3.63) is 54.0 Å². The summed E-state index contributed by atoms with van der Waals surface area (Å²) in [5.74, 6) is -0.926. The van der Waals surface area contributed by atoms with E-state index in [0.717, 1.165) is 28.0 Å². The molecule has 0 fully saturated rings. The molecule has 2 aromatic heterocycles. The first-order valence-corrected chi connectivity index (χ1v) is 6.59. The second kappa shape index (κ2) is 4.28. The Bertz CT molecular complexity index is 909. The van der Waals surface area contributed by atoms with Gasteiger partial charge in [0.1, 0.15) is 5.69 Å². The van der Waals surface area contributed by atoms with Crippen LogP contribution in [0.4, 0.5) is 0 Å². The first-order chi connectivity index (χ1) is 10.2. The van der Waals surface area contributed by atoms with Gasteiger partial charge in [0, 0.05) is 30.4 Å². The number of carboxylic acids is 1. The fourth-order valence-electron chi connectivity index (χ4n) is 2.70. The van der Waals surface area contributed by atoms with Crippen LogP contribution in [0, 0.1) is 0 Å². The molecule has 1 N–H and O–H groups in total. The van der Waals surface area contributed by atoms with Crippen LogP contribution in [-0.2, 0) is 6.42 Å². The standard InChI is InChI=1S/C16H11N3O2/c20-16(21)11-4-3-10-8-14-15-12(17-5-6-18-15)2-1-7-19(14)13(10)9-11/h1,3-9H,2H2,(H,20,21). The number of rotatable bonds is 1. The number of carbonyl (C=O) groups is 1. The molecule has 5 heteroatoms. The zero-order valence-electron chi connectivity index (χ0n) is 11.0. The Labute approximate surface area is 120 Å². The van der Waals surface area contributed by atoms with Crippen molar-refractivity contribution in [2.45, 2.75) is 6.42 Å². The molecule has 21 heavy (non-hydrogen) atoms. The van der Waals surface area contributed by atoms with Crippen LogP contribution in [0.5, 0.6) is 0 Å². The molecular weight excluding hydrogens is 266 g/mol. The summed E-state index contributed by atoms with van der Waals surface area (Å²) >= 11 is 0. The van der Waals surface area contributed by atoms with Crippen LogP contribution in [0.2, 0.25) is 0 Å². The largest absolute Gasteiger partial charge is 0.478 e. The minimum atomic E-state index is -0.926. The van der Waals surface area contributed by atoms with Crippen molar-refractivity contribution in [1.29, 1.82) is 0 Å². The third-order valence-electron chi connectivity index (χ3n) is 3.67. The van der Waals surface area contributed by atoms with Gasteiger partial charge in [0.05, 0.1) is 22.5 Å². The van der Waals surface area contributed by atoms with Crippen LogP contribution in [0.1, 0.15) is 16.1 Å². The van der Waals surface area contributed by atoms with E-state index in [1.54, 1.807) is 24.5 Å². The monoisotopic (exact) mass is 277 g/mol. The van der Waals surface area contributed by atoms with Crippen molar-refractivity contribution in [3.8, 4) is 11.4 Å². The van der Waals surface area contributed by atoms with E-state index in [1.807, 2.05) is 29.0 Å². The van der Waals surface area contributed by atoms with Crippen molar-refractivity contribution < 1.29 is 9.90 Å². The van der Waals surface area contributed by atoms with E-state index < -0.39 is 5.97 Å². The van der Waals surface area contributed by atoms with E-state index in [4.69, 9.17) is 5.11 Å². The predicted molar refractivity (Wildman–Crippen MR) is 79.0 cm³/mol. The summed E-state index contributed by atoms with van der Waals surface area (Å²) < 4.78 is 1.97. The smallest absolute Gasteiger partial charge is 0.335 e. The highest BCUT2D eigenvalue weighted by Crippen LogP contribution is 2.31. The Balaban J connectivity index is 2.06. The maximum atomic E-state index is 11.2. The quantitative estimate of drug-likeness (QED) is 0.742. The minimum Gasteiger partial charge on any atom is -0.478 e. The molecular formula is C16H11N3O2. The molecule has 3 heterocycles. The van der Waals surface area contributed by atoms with Crippen molar-refractivity contribution >= 4 is 23.1 Å². The lowest BCUT2D eigenvalue weighted by molar-refractivity contribution is 0.0697. The molecule has 1 aliphatic heterocycles. The number of carboxylic acid groups (broad SMARTS) is 1. The molecule has 4 rings (SSSR count). The van der Waals surface area contributed by atoms with E-state index in [9.17, 15) is 4.79 Å². The lowest BCUT2D eigenvalue weighted by atomic mass is 10.1. The van der Waals surface area contributed by atoms with Gasteiger partial charge in [0.25, 0.3) is 0 Å². The van der Waals surface area contributed by atoms with Crippen LogP contribution in [0.15, 0.2) is 42.7 Å². The number of allylic oxidation sites excluding steroid dienone is 1. The number of hydrogen-bond acceptors (Lipinski definition) is 3. The molecule has 0 amide bonds. The van der Waals surface area contributed by atoms with Crippen LogP contribution < -0.4 is 0 Å². The van der Waals surface area contributed by atoms with Crippen LogP contribution in [0.3, 0.4) is 0 Å². The highest BCUT2D eigenvalue weighted by molar-refractivity contribution is 5.96. The first-order valence-electron chi connectivity index (χ1n) is 6.59. The number of benzene rings is 1. The summed E-state index contributed by atoms with van der Waals surface area (Å²) in [4.78, 5) is 20.0. The fourth-order valence-corrected chi connectivity index (χ4v) is 2.70. The van der Waals surface area contributed by atoms with E-state index in [0.29, 0.717) is 6.42 Å². The van der Waals surface area contributed by atoms with Crippen molar-refractivity contribution in [1.82, 2.24) is 14.5 Å². The third kappa shape index (κ3) is 1.74. The van der Waals surface area contributed by atoms with E-state index >= 15 is 0 Å². The number of nitrogens with zero attached hydrogens (tertiary/aromatic N) is 3. The first kappa shape index (κ1) is 11.8. The molecule has 0 radical (unpaired) electrons. The van der Waals surface area contributed by atoms with Gasteiger partial charge in [0.15, 0.2) is 0 Å². The van der Waals surface area contributed by atoms with Gasteiger partial charge >= 0.3 is 5.97 Å². The van der Waals surface area contributed by atoms with Gasteiger partial charge in [-0.3, -0.25) is 9.97 Å². The fraction of sp³-hybridized carbons (Fsp3) is 0.0625. The Hall–Kier alpha value is -2.95. The topological polar surface area (TPSA) is 68.0 Å². The van der Waals surface area contributed by atoms with Gasteiger partial charge in [-0.15, -0.1) is 0 Å². The van der Waals surface area contributed by atoms with E-state index in [-0.39, 0.29) is 5.56 Å². The van der Waals surface area contributed by atoms with Gasteiger partial charge in [-0.1, -0.05) is 12.1 Å². The molecule has 0 aliphatic carbocycles. The average Bonchev–Trinajstić information content (AvgIpc) is 2.75. The third-order valence-corrected chi connectivity index (χ3v) is 3.67. The van der Waals surface area contributed by atoms with Gasteiger partial charge in [-0.2, -0.15) is 0 Å². The summed E-state index contributed by atoms with van der Waals surface area (Å²) in [6.45, 7) is 0. The zero-order valence-corrected chi connectivity index (χ0v) is 11.0. The summed E-state index contributed by atoms with van der Waals surface area (Å²) in [6, 6.07) is 7.15. The maximum Gasteiger partial charge on any atom is 0.335 e.